The van der Waals surface area contributed by atoms with Crippen molar-refractivity contribution in [3.05, 3.63) is 23.6 Å². The largest absolute Gasteiger partial charge is 0.365 e. The van der Waals surface area contributed by atoms with Crippen LogP contribution in [0.15, 0.2) is 18.5 Å². The minimum absolute atomic E-state index is 0.424. The molecule has 1 N–H and O–H groups in total. The van der Waals surface area contributed by atoms with E-state index in [0.717, 1.165) is 11.0 Å². The fourth-order valence-electron chi connectivity index (χ4n) is 1.72. The zero-order valence-electron chi connectivity index (χ0n) is 8.65. The number of anilines is 1. The molecular weight excluding hydrogens is 224 g/mol. The third-order valence-corrected chi connectivity index (χ3v) is 3.13. The molecule has 1 saturated carbocycles. The molecule has 0 aliphatic heterocycles. The molecule has 16 heavy (non-hydrogen) atoms. The Balaban J connectivity index is 1.99. The summed E-state index contributed by atoms with van der Waals surface area (Å²) in [4.78, 5) is 12.7. The molecule has 0 amide bonds. The van der Waals surface area contributed by atoms with Gasteiger partial charge in [-0.1, -0.05) is 11.6 Å². The molecule has 0 spiro atoms. The van der Waals surface area contributed by atoms with Crippen molar-refractivity contribution in [3.8, 4) is 0 Å². The van der Waals surface area contributed by atoms with Crippen molar-refractivity contribution in [1.29, 1.82) is 0 Å². The van der Waals surface area contributed by atoms with Gasteiger partial charge in [0, 0.05) is 12.2 Å². The van der Waals surface area contributed by atoms with Crippen LogP contribution in [0, 0.1) is 0 Å². The van der Waals surface area contributed by atoms with Crippen LogP contribution in [0.1, 0.15) is 19.3 Å². The van der Waals surface area contributed by atoms with Crippen molar-refractivity contribution >= 4 is 28.5 Å². The van der Waals surface area contributed by atoms with Gasteiger partial charge in [-0.3, -0.25) is 4.98 Å². The molecular formula is C11H11ClN4. The molecule has 4 nitrogen and oxygen atoms in total. The molecule has 0 aromatic carbocycles. The quantitative estimate of drug-likeness (QED) is 0.868. The number of rotatable bonds is 2. The van der Waals surface area contributed by atoms with E-state index in [4.69, 9.17) is 11.6 Å². The molecule has 3 rings (SSSR count). The van der Waals surface area contributed by atoms with Gasteiger partial charge >= 0.3 is 0 Å². The van der Waals surface area contributed by atoms with Gasteiger partial charge in [0.25, 0.3) is 0 Å². The highest BCUT2D eigenvalue weighted by Gasteiger charge is 2.19. The Morgan fingerprint density at radius 2 is 2.12 bits per heavy atom. The second kappa shape index (κ2) is 3.87. The summed E-state index contributed by atoms with van der Waals surface area (Å²) in [6.07, 6.45) is 7.03. The highest BCUT2D eigenvalue weighted by Crippen LogP contribution is 2.26. The van der Waals surface area contributed by atoms with Crippen molar-refractivity contribution in [1.82, 2.24) is 15.0 Å². The topological polar surface area (TPSA) is 50.7 Å². The number of halogens is 1. The van der Waals surface area contributed by atoms with Crippen LogP contribution in [0.3, 0.4) is 0 Å². The summed E-state index contributed by atoms with van der Waals surface area (Å²) in [5.41, 5.74) is 1.55. The second-order valence-corrected chi connectivity index (χ2v) is 4.36. The molecule has 0 unspecified atom stereocenters. The van der Waals surface area contributed by atoms with Crippen molar-refractivity contribution < 1.29 is 0 Å². The number of hydrogen-bond acceptors (Lipinski definition) is 4. The lowest BCUT2D eigenvalue weighted by atomic mass is 9.93. The zero-order chi connectivity index (χ0) is 11.0. The van der Waals surface area contributed by atoms with E-state index in [-0.39, 0.29) is 0 Å². The Morgan fingerprint density at radius 1 is 1.25 bits per heavy atom. The van der Waals surface area contributed by atoms with Gasteiger partial charge in [-0.15, -0.1) is 0 Å². The molecule has 1 fully saturated rings. The SMILES string of the molecule is Clc1nc2cnccc2nc1NC1CCC1. The summed E-state index contributed by atoms with van der Waals surface area (Å²) in [5, 5.41) is 3.74. The van der Waals surface area contributed by atoms with Gasteiger partial charge in [-0.05, 0) is 25.3 Å². The van der Waals surface area contributed by atoms with Crippen LogP contribution in [-0.2, 0) is 0 Å². The van der Waals surface area contributed by atoms with E-state index in [1.54, 1.807) is 12.4 Å². The summed E-state index contributed by atoms with van der Waals surface area (Å²) in [6, 6.07) is 2.34. The van der Waals surface area contributed by atoms with Crippen LogP contribution in [0.2, 0.25) is 5.15 Å². The number of nitrogens with zero attached hydrogens (tertiary/aromatic N) is 3. The molecule has 2 aromatic heterocycles. The van der Waals surface area contributed by atoms with Gasteiger partial charge in [0.15, 0.2) is 11.0 Å². The number of fused-ring (bicyclic) bond motifs is 1. The van der Waals surface area contributed by atoms with E-state index >= 15 is 0 Å². The molecule has 0 bridgehead atoms. The lowest BCUT2D eigenvalue weighted by molar-refractivity contribution is 0.444. The van der Waals surface area contributed by atoms with Gasteiger partial charge in [0.1, 0.15) is 5.52 Å². The molecule has 0 atom stereocenters. The molecule has 2 aromatic rings. The first kappa shape index (κ1) is 9.78. The summed E-state index contributed by atoms with van der Waals surface area (Å²) in [5.74, 6) is 0.685. The Bertz CT molecular complexity index is 524. The predicted molar refractivity (Wildman–Crippen MR) is 63.6 cm³/mol. The molecule has 5 heteroatoms. The third-order valence-electron chi connectivity index (χ3n) is 2.87. The molecule has 0 saturated heterocycles. The first-order valence-electron chi connectivity index (χ1n) is 5.37. The van der Waals surface area contributed by atoms with Gasteiger partial charge in [-0.2, -0.15) is 0 Å². The standard InChI is InChI=1S/C11H11ClN4/c12-10-11(14-7-2-1-3-7)16-8-4-5-13-6-9(8)15-10/h4-7H,1-3H2,(H,14,16). The maximum atomic E-state index is 6.06. The van der Waals surface area contributed by atoms with Crippen LogP contribution in [0.5, 0.6) is 0 Å². The average molecular weight is 235 g/mol. The number of hydrogen-bond donors (Lipinski definition) is 1. The zero-order valence-corrected chi connectivity index (χ0v) is 9.41. The fourth-order valence-corrected chi connectivity index (χ4v) is 1.91. The predicted octanol–water partition coefficient (Wildman–Crippen LogP) is 2.64. The molecule has 1 aliphatic rings. The van der Waals surface area contributed by atoms with Gasteiger partial charge in [-0.25, -0.2) is 9.97 Å². The normalized spacial score (nSPS) is 16.1. The van der Waals surface area contributed by atoms with Gasteiger partial charge < -0.3 is 5.32 Å². The maximum absolute atomic E-state index is 6.06. The van der Waals surface area contributed by atoms with Crippen molar-refractivity contribution in [2.75, 3.05) is 5.32 Å². The first-order chi connectivity index (χ1) is 7.83. The molecule has 2 heterocycles. The van der Waals surface area contributed by atoms with Crippen LogP contribution >= 0.6 is 11.6 Å². The maximum Gasteiger partial charge on any atom is 0.172 e. The smallest absolute Gasteiger partial charge is 0.172 e. The van der Waals surface area contributed by atoms with Crippen molar-refractivity contribution in [2.45, 2.75) is 25.3 Å². The minimum Gasteiger partial charge on any atom is -0.365 e. The highest BCUT2D eigenvalue weighted by molar-refractivity contribution is 6.32. The van der Waals surface area contributed by atoms with Crippen LogP contribution in [0.25, 0.3) is 11.0 Å². The van der Waals surface area contributed by atoms with Crippen LogP contribution in [-0.4, -0.2) is 21.0 Å². The van der Waals surface area contributed by atoms with Crippen LogP contribution in [0.4, 0.5) is 5.82 Å². The van der Waals surface area contributed by atoms with Crippen LogP contribution < -0.4 is 5.32 Å². The second-order valence-electron chi connectivity index (χ2n) is 4.00. The van der Waals surface area contributed by atoms with E-state index in [0.29, 0.717) is 17.0 Å². The highest BCUT2D eigenvalue weighted by atomic mass is 35.5. The summed E-state index contributed by atoms with van der Waals surface area (Å²) in [6.45, 7) is 0. The van der Waals surface area contributed by atoms with E-state index in [2.05, 4.69) is 20.3 Å². The van der Waals surface area contributed by atoms with Gasteiger partial charge in [0.05, 0.1) is 11.7 Å². The number of aromatic nitrogens is 3. The monoisotopic (exact) mass is 234 g/mol. The van der Waals surface area contributed by atoms with E-state index < -0.39 is 0 Å². The molecule has 0 radical (unpaired) electrons. The molecule has 1 aliphatic carbocycles. The average Bonchev–Trinajstić information content (AvgIpc) is 2.23. The Labute approximate surface area is 98.1 Å². The van der Waals surface area contributed by atoms with Gasteiger partial charge in [0.2, 0.25) is 0 Å². The first-order valence-corrected chi connectivity index (χ1v) is 5.74. The number of nitrogens with one attached hydrogen (secondary N) is 1. The van der Waals surface area contributed by atoms with E-state index in [1.807, 2.05) is 6.07 Å². The Morgan fingerprint density at radius 3 is 2.88 bits per heavy atom. The number of pyridine rings is 1. The summed E-state index contributed by atoms with van der Waals surface area (Å²) in [7, 11) is 0. The Hall–Kier alpha value is -1.42. The van der Waals surface area contributed by atoms with E-state index in [9.17, 15) is 0 Å². The third kappa shape index (κ3) is 1.69. The van der Waals surface area contributed by atoms with Crippen molar-refractivity contribution in [3.63, 3.8) is 0 Å². The van der Waals surface area contributed by atoms with E-state index in [1.165, 1.54) is 19.3 Å². The van der Waals surface area contributed by atoms with Crippen molar-refractivity contribution in [2.24, 2.45) is 0 Å². The Kier molecular flexibility index (Phi) is 2.36. The summed E-state index contributed by atoms with van der Waals surface area (Å²) < 4.78 is 0. The fraction of sp³-hybridized carbons (Fsp3) is 0.364. The molecule has 82 valence electrons. The summed E-state index contributed by atoms with van der Waals surface area (Å²) >= 11 is 6.06. The minimum atomic E-state index is 0.424. The lowest BCUT2D eigenvalue weighted by Gasteiger charge is -2.27. The lowest BCUT2D eigenvalue weighted by Crippen LogP contribution is -2.27.